The number of thiophene rings is 1. The lowest BCUT2D eigenvalue weighted by molar-refractivity contribution is -0.384. The smallest absolute Gasteiger partial charge is 0.269 e. The number of hydrogen-bond acceptors (Lipinski definition) is 5. The molecule has 3 rings (SSSR count). The maximum Gasteiger partial charge on any atom is 0.269 e. The van der Waals surface area contributed by atoms with Crippen molar-refractivity contribution in [1.82, 2.24) is 10.2 Å². The first kappa shape index (κ1) is 17.6. The Morgan fingerprint density at radius 3 is 2.56 bits per heavy atom. The molecule has 0 bridgehead atoms. The lowest BCUT2D eigenvalue weighted by atomic mass is 10.0. The fraction of sp³-hybridized carbons (Fsp3) is 0.389. The molecule has 0 radical (unpaired) electrons. The number of rotatable bonds is 6. The Kier molecular flexibility index (Phi) is 5.78. The maximum absolute atomic E-state index is 12.1. The number of nitrogens with zero attached hydrogens (tertiary/aromatic N) is 2. The van der Waals surface area contributed by atoms with Crippen LogP contribution in [0.1, 0.15) is 28.1 Å². The van der Waals surface area contributed by atoms with Crippen LogP contribution in [0.4, 0.5) is 5.69 Å². The molecule has 1 aliphatic heterocycles. The molecule has 1 N–H and O–H groups in total. The zero-order valence-electron chi connectivity index (χ0n) is 13.9. The van der Waals surface area contributed by atoms with Gasteiger partial charge in [-0.2, -0.15) is 0 Å². The van der Waals surface area contributed by atoms with E-state index in [0.717, 1.165) is 49.3 Å². The summed E-state index contributed by atoms with van der Waals surface area (Å²) in [4.78, 5) is 25.5. The summed E-state index contributed by atoms with van der Waals surface area (Å²) in [5.41, 5.74) is 1.24. The predicted molar refractivity (Wildman–Crippen MR) is 98.0 cm³/mol. The van der Waals surface area contributed by atoms with E-state index in [1.54, 1.807) is 12.1 Å². The number of nitro groups is 1. The van der Waals surface area contributed by atoms with Crippen molar-refractivity contribution in [3.8, 4) is 0 Å². The molecule has 132 valence electrons. The number of hydrogen-bond donors (Lipinski definition) is 1. The number of amides is 1. The van der Waals surface area contributed by atoms with Crippen LogP contribution in [0.3, 0.4) is 0 Å². The SMILES string of the molecule is O=C(NC1CCN(CCc2ccc([N+](=O)[O-])cc2)CC1)c1cccs1. The summed E-state index contributed by atoms with van der Waals surface area (Å²) in [6.07, 6.45) is 2.79. The summed E-state index contributed by atoms with van der Waals surface area (Å²) in [7, 11) is 0. The number of non-ortho nitro benzene ring substituents is 1. The summed E-state index contributed by atoms with van der Waals surface area (Å²) in [6, 6.07) is 10.7. The van der Waals surface area contributed by atoms with Crippen molar-refractivity contribution in [2.45, 2.75) is 25.3 Å². The van der Waals surface area contributed by atoms with Crippen molar-refractivity contribution in [3.05, 3.63) is 62.3 Å². The van der Waals surface area contributed by atoms with Gasteiger partial charge in [0.15, 0.2) is 0 Å². The van der Waals surface area contributed by atoms with Crippen LogP contribution >= 0.6 is 11.3 Å². The molecule has 0 unspecified atom stereocenters. The minimum Gasteiger partial charge on any atom is -0.349 e. The van der Waals surface area contributed by atoms with Crippen LogP contribution in [0, 0.1) is 10.1 Å². The molecule has 1 fully saturated rings. The third kappa shape index (κ3) is 4.87. The van der Waals surface area contributed by atoms with Gasteiger partial charge in [0.05, 0.1) is 9.80 Å². The Morgan fingerprint density at radius 1 is 1.24 bits per heavy atom. The molecule has 25 heavy (non-hydrogen) atoms. The van der Waals surface area contributed by atoms with Crippen LogP contribution in [0.2, 0.25) is 0 Å². The quantitative estimate of drug-likeness (QED) is 0.635. The summed E-state index contributed by atoms with van der Waals surface area (Å²) in [5.74, 6) is 0.0272. The van der Waals surface area contributed by atoms with Crippen molar-refractivity contribution in [3.63, 3.8) is 0 Å². The molecule has 0 aliphatic carbocycles. The Bertz CT molecular complexity index is 708. The molecule has 0 spiro atoms. The number of carbonyl (C=O) groups is 1. The molecule has 1 aromatic carbocycles. The van der Waals surface area contributed by atoms with Gasteiger partial charge in [0, 0.05) is 37.8 Å². The second-order valence-electron chi connectivity index (χ2n) is 6.24. The highest BCUT2D eigenvalue weighted by atomic mass is 32.1. The van der Waals surface area contributed by atoms with E-state index in [2.05, 4.69) is 10.2 Å². The van der Waals surface area contributed by atoms with Crippen molar-refractivity contribution in [2.75, 3.05) is 19.6 Å². The number of piperidine rings is 1. The zero-order valence-corrected chi connectivity index (χ0v) is 14.7. The summed E-state index contributed by atoms with van der Waals surface area (Å²) in [6.45, 7) is 2.86. The molecule has 7 heteroatoms. The number of nitrogens with one attached hydrogen (secondary N) is 1. The molecule has 0 saturated carbocycles. The van der Waals surface area contributed by atoms with Gasteiger partial charge in [-0.3, -0.25) is 14.9 Å². The van der Waals surface area contributed by atoms with Crippen molar-refractivity contribution in [1.29, 1.82) is 0 Å². The first-order valence-electron chi connectivity index (χ1n) is 8.42. The van der Waals surface area contributed by atoms with E-state index in [4.69, 9.17) is 0 Å². The molecule has 6 nitrogen and oxygen atoms in total. The van der Waals surface area contributed by atoms with E-state index in [-0.39, 0.29) is 22.6 Å². The van der Waals surface area contributed by atoms with Gasteiger partial charge in [0.2, 0.25) is 0 Å². The predicted octanol–water partition coefficient (Wildman–Crippen LogP) is 3.09. The van der Waals surface area contributed by atoms with E-state index < -0.39 is 0 Å². The summed E-state index contributed by atoms with van der Waals surface area (Å²) >= 11 is 1.46. The van der Waals surface area contributed by atoms with E-state index in [0.29, 0.717) is 0 Å². The van der Waals surface area contributed by atoms with Crippen LogP contribution < -0.4 is 5.32 Å². The Balaban J connectivity index is 1.40. The average molecular weight is 359 g/mol. The third-order valence-electron chi connectivity index (χ3n) is 4.53. The number of carbonyl (C=O) groups excluding carboxylic acids is 1. The first-order chi connectivity index (χ1) is 12.1. The second kappa shape index (κ2) is 8.22. The van der Waals surface area contributed by atoms with Crippen molar-refractivity contribution < 1.29 is 9.72 Å². The van der Waals surface area contributed by atoms with Gasteiger partial charge in [-0.05, 0) is 36.3 Å². The normalized spacial score (nSPS) is 15.8. The van der Waals surface area contributed by atoms with Crippen LogP contribution in [0.15, 0.2) is 41.8 Å². The lowest BCUT2D eigenvalue weighted by Crippen LogP contribution is -2.45. The molecular formula is C18H21N3O3S. The molecular weight excluding hydrogens is 338 g/mol. The van der Waals surface area contributed by atoms with Crippen molar-refractivity contribution >= 4 is 22.9 Å². The minimum absolute atomic E-state index is 0.0272. The van der Waals surface area contributed by atoms with E-state index in [9.17, 15) is 14.9 Å². The minimum atomic E-state index is -0.376. The average Bonchev–Trinajstić information content (AvgIpc) is 3.16. The largest absolute Gasteiger partial charge is 0.349 e. The molecule has 1 amide bonds. The van der Waals surface area contributed by atoms with E-state index >= 15 is 0 Å². The molecule has 2 aromatic rings. The number of nitro benzene ring substituents is 1. The highest BCUT2D eigenvalue weighted by Crippen LogP contribution is 2.16. The summed E-state index contributed by atoms with van der Waals surface area (Å²) < 4.78 is 0. The van der Waals surface area contributed by atoms with Crippen LogP contribution in [0.5, 0.6) is 0 Å². The highest BCUT2D eigenvalue weighted by Gasteiger charge is 2.21. The number of likely N-dealkylation sites (tertiary alicyclic amines) is 1. The van der Waals surface area contributed by atoms with E-state index in [1.807, 2.05) is 29.6 Å². The van der Waals surface area contributed by atoms with Gasteiger partial charge in [-0.15, -0.1) is 11.3 Å². The van der Waals surface area contributed by atoms with Gasteiger partial charge in [0.1, 0.15) is 0 Å². The highest BCUT2D eigenvalue weighted by molar-refractivity contribution is 7.12. The van der Waals surface area contributed by atoms with Crippen LogP contribution in [0.25, 0.3) is 0 Å². The maximum atomic E-state index is 12.1. The fourth-order valence-electron chi connectivity index (χ4n) is 3.04. The van der Waals surface area contributed by atoms with Crippen LogP contribution in [-0.4, -0.2) is 41.4 Å². The van der Waals surface area contributed by atoms with E-state index in [1.165, 1.54) is 11.3 Å². The Hall–Kier alpha value is -2.25. The van der Waals surface area contributed by atoms with Crippen LogP contribution in [-0.2, 0) is 6.42 Å². The molecule has 2 heterocycles. The molecule has 1 aromatic heterocycles. The zero-order chi connectivity index (χ0) is 17.6. The summed E-state index contributed by atoms with van der Waals surface area (Å²) in [5, 5.41) is 15.7. The molecule has 1 aliphatic rings. The van der Waals surface area contributed by atoms with Gasteiger partial charge in [-0.1, -0.05) is 18.2 Å². The topological polar surface area (TPSA) is 75.5 Å². The van der Waals surface area contributed by atoms with Gasteiger partial charge >= 0.3 is 0 Å². The van der Waals surface area contributed by atoms with Gasteiger partial charge < -0.3 is 10.2 Å². The standard InChI is InChI=1S/C18H21N3O3S/c22-18(17-2-1-13-25-17)19-15-8-11-20(12-9-15)10-7-14-3-5-16(6-4-14)21(23)24/h1-6,13,15H,7-12H2,(H,19,22). The van der Waals surface area contributed by atoms with Crippen molar-refractivity contribution in [2.24, 2.45) is 0 Å². The number of benzene rings is 1. The Morgan fingerprint density at radius 2 is 1.96 bits per heavy atom. The van der Waals surface area contributed by atoms with Gasteiger partial charge in [-0.25, -0.2) is 0 Å². The third-order valence-corrected chi connectivity index (χ3v) is 5.40. The Labute approximate surface area is 150 Å². The molecule has 1 saturated heterocycles. The molecule has 0 atom stereocenters. The second-order valence-corrected chi connectivity index (χ2v) is 7.19. The van der Waals surface area contributed by atoms with Gasteiger partial charge in [0.25, 0.3) is 11.6 Å². The lowest BCUT2D eigenvalue weighted by Gasteiger charge is -2.32. The fourth-order valence-corrected chi connectivity index (χ4v) is 3.66. The first-order valence-corrected chi connectivity index (χ1v) is 9.30. The monoisotopic (exact) mass is 359 g/mol.